The van der Waals surface area contributed by atoms with Gasteiger partial charge in [-0.15, -0.1) is 0 Å². The van der Waals surface area contributed by atoms with Crippen molar-refractivity contribution in [2.75, 3.05) is 7.11 Å². The van der Waals surface area contributed by atoms with Crippen LogP contribution in [0.3, 0.4) is 0 Å². The smallest absolute Gasteiger partial charge is 0.432 e. The molecule has 0 radical (unpaired) electrons. The molecule has 0 amide bonds. The van der Waals surface area contributed by atoms with Crippen LogP contribution in [-0.2, 0) is 54.3 Å². The van der Waals surface area contributed by atoms with Crippen LogP contribution in [0.4, 0.5) is 22.0 Å². The number of esters is 4. The van der Waals surface area contributed by atoms with Crippen LogP contribution in [0.25, 0.3) is 32.7 Å². The minimum atomic E-state index is -6.66. The summed E-state index contributed by atoms with van der Waals surface area (Å²) in [5.41, 5.74) is 4.53. The Morgan fingerprint density at radius 2 is 0.719 bits per heavy atom. The highest BCUT2D eigenvalue weighted by atomic mass is 32.2. The van der Waals surface area contributed by atoms with E-state index in [1.165, 1.54) is 67.5 Å². The minimum absolute atomic E-state index is 0. The zero-order valence-corrected chi connectivity index (χ0v) is 67.7. The van der Waals surface area contributed by atoms with Gasteiger partial charge in [0.05, 0.1) is 34.2 Å². The molecule has 0 heterocycles. The molecular formula is C101H145F5O13S2. The first-order valence-electron chi connectivity index (χ1n) is 36.9. The van der Waals surface area contributed by atoms with Gasteiger partial charge in [0, 0.05) is 0 Å². The van der Waals surface area contributed by atoms with Crippen molar-refractivity contribution in [2.24, 2.45) is 16.2 Å². The van der Waals surface area contributed by atoms with Crippen molar-refractivity contribution in [1.82, 2.24) is 0 Å². The van der Waals surface area contributed by atoms with E-state index in [1.54, 1.807) is 18.2 Å². The predicted octanol–water partition coefficient (Wildman–Crippen LogP) is 30.2. The number of phenolic OH excluding ortho intramolecular Hbond substituents is 2. The van der Waals surface area contributed by atoms with Crippen LogP contribution in [0.2, 0.25) is 0 Å². The number of fused-ring (bicyclic) bond motifs is 2. The van der Waals surface area contributed by atoms with Crippen molar-refractivity contribution >= 4 is 66.4 Å². The molecule has 10 aromatic carbocycles. The molecule has 0 aliphatic heterocycles. The zero-order chi connectivity index (χ0) is 82.7. The average molecular weight is 1730 g/mol. The summed E-state index contributed by atoms with van der Waals surface area (Å²) < 4.78 is 114. The predicted molar refractivity (Wildman–Crippen MR) is 499 cm³/mol. The van der Waals surface area contributed by atoms with Gasteiger partial charge in [0.1, 0.15) is 29.3 Å². The Morgan fingerprint density at radius 1 is 0.397 bits per heavy atom. The molecule has 5 atom stereocenters. The average Bonchev–Trinajstić information content (AvgIpc) is 0.775. The molecule has 0 fully saturated rings. The largest absolute Gasteiger partial charge is 0.743 e. The quantitative estimate of drug-likeness (QED) is 0.0162. The van der Waals surface area contributed by atoms with Gasteiger partial charge in [-0.05, 0) is 233 Å². The van der Waals surface area contributed by atoms with Gasteiger partial charge in [-0.3, -0.25) is 14.4 Å². The van der Waals surface area contributed by atoms with E-state index in [4.69, 9.17) is 14.6 Å². The first kappa shape index (κ1) is 122. The monoisotopic (exact) mass is 1730 g/mol. The van der Waals surface area contributed by atoms with Gasteiger partial charge in [-0.2, -0.15) is 22.0 Å². The Balaban J connectivity index is -0.000000327. The summed E-state index contributed by atoms with van der Waals surface area (Å²) >= 11 is 0. The Labute approximate surface area is 728 Å². The van der Waals surface area contributed by atoms with Gasteiger partial charge >= 0.3 is 35.3 Å². The molecule has 0 saturated heterocycles. The fourth-order valence-electron chi connectivity index (χ4n) is 10.2. The lowest BCUT2D eigenvalue weighted by atomic mass is 9.90. The second-order valence-electron chi connectivity index (χ2n) is 28.7. The van der Waals surface area contributed by atoms with Crippen LogP contribution in [0.15, 0.2) is 257 Å². The third-order valence-corrected chi connectivity index (χ3v) is 22.5. The zero-order valence-electron chi connectivity index (χ0n) is 66.1. The van der Waals surface area contributed by atoms with Crippen LogP contribution in [0.1, 0.15) is 267 Å². The maximum atomic E-state index is 13.0. The molecule has 5 unspecified atom stereocenters. The third kappa shape index (κ3) is 36.0. The van der Waals surface area contributed by atoms with Crippen molar-refractivity contribution in [2.45, 2.75) is 266 Å². The van der Waals surface area contributed by atoms with Gasteiger partial charge in [-0.1, -0.05) is 287 Å². The van der Waals surface area contributed by atoms with E-state index in [-0.39, 0.29) is 127 Å². The maximum Gasteiger partial charge on any atom is 0.432 e. The number of phenols is 2. The van der Waals surface area contributed by atoms with Gasteiger partial charge in [0.25, 0.3) is 6.10 Å². The minimum Gasteiger partial charge on any atom is -0.743 e. The van der Waals surface area contributed by atoms with Gasteiger partial charge < -0.3 is 33.7 Å². The van der Waals surface area contributed by atoms with Crippen molar-refractivity contribution in [3.05, 3.63) is 270 Å². The highest BCUT2D eigenvalue weighted by molar-refractivity contribution is 7.97. The molecule has 121 heavy (non-hydrogen) atoms. The van der Waals surface area contributed by atoms with Crippen LogP contribution in [0.5, 0.6) is 11.5 Å². The summed E-state index contributed by atoms with van der Waals surface area (Å²) in [6.07, 6.45) is -7.13. The molecule has 0 bridgehead atoms. The Hall–Kier alpha value is -9.89. The lowest BCUT2D eigenvalue weighted by Gasteiger charge is -2.32. The standard InChI is InChI=1S/C22H24O2.C20H24O2.C18H15S.C12H16O3.C10H14O.C9H13F5O5S.10CH4/c1-5-22(3,4)21(23)24-15(2)16-10-11-19-13-17-8-6-7-9-18(17)14-20(19)12-16;1-5-20(3,4)19(21)22-15(2)16-11-13-18(14-12-16)17-9-7-6-8-10-17;1-4-10-16(11-5-1)19(17-12-6-2-7-13-17)18-14-8-3-9-15-18;1-4-8(2)9-5-6-11(13)10(7-9)12(14)15-3;1-3-8(2)9-4-6-10(11)7-5-9;1-4-7(2,3)6(15)19-5(8(10,11)12)9(13,14)20(16,17)18;;;;;;;;;;/h6-15H,5H2,1-4H3;6-15H,5H2,1-4H3;1-15H;5-8,13H,4H2,1-3H3;4-8,11H,3H2,1-2H3;5H,4H2,1-3H3,(H,16,17,18);10*1H4/q;;+1;;;;;;;;;;;;;/p-1. The first-order chi connectivity index (χ1) is 52.2. The second-order valence-corrected chi connectivity index (χ2v) is 32.1. The van der Waals surface area contributed by atoms with Crippen LogP contribution in [0, 0.1) is 16.2 Å². The van der Waals surface area contributed by atoms with Gasteiger partial charge in [0.2, 0.25) is 0 Å². The van der Waals surface area contributed by atoms with E-state index in [9.17, 15) is 59.2 Å². The Bertz CT molecular complexity index is 4590. The normalized spacial score (nSPS) is 11.9. The number of carbonyl (C=O) groups excluding carboxylic acids is 4. The summed E-state index contributed by atoms with van der Waals surface area (Å²) in [5.74, 6) is -1.20. The number of carbonyl (C=O) groups is 4. The molecule has 10 aromatic rings. The topological polar surface area (TPSA) is 203 Å². The van der Waals surface area contributed by atoms with E-state index in [2.05, 4.69) is 201 Å². The molecule has 20 heteroatoms. The Morgan fingerprint density at radius 3 is 1.09 bits per heavy atom. The number of benzene rings is 10. The molecule has 0 saturated carbocycles. The molecule has 0 aliphatic carbocycles. The van der Waals surface area contributed by atoms with Crippen molar-refractivity contribution in [1.29, 1.82) is 0 Å². The number of methoxy groups -OCH3 is 1. The summed E-state index contributed by atoms with van der Waals surface area (Å²) in [4.78, 5) is 51.2. The number of hydrogen-bond acceptors (Lipinski definition) is 13. The van der Waals surface area contributed by atoms with Crippen LogP contribution in [-0.4, -0.2) is 71.7 Å². The van der Waals surface area contributed by atoms with Crippen LogP contribution < -0.4 is 0 Å². The molecule has 2 N–H and O–H groups in total. The summed E-state index contributed by atoms with van der Waals surface area (Å²) in [6, 6.07) is 82.1. The molecule has 10 rings (SSSR count). The van der Waals surface area contributed by atoms with Crippen LogP contribution >= 0.6 is 0 Å². The molecule has 13 nitrogen and oxygen atoms in total. The second kappa shape index (κ2) is 55.9. The van der Waals surface area contributed by atoms with Gasteiger partial charge in [0.15, 0.2) is 24.8 Å². The van der Waals surface area contributed by atoms with Crippen molar-refractivity contribution < 1.29 is 83.3 Å². The first-order valence-corrected chi connectivity index (χ1v) is 39.5. The molecule has 674 valence electrons. The van der Waals surface area contributed by atoms with Gasteiger partial charge in [-0.25, -0.2) is 13.2 Å². The van der Waals surface area contributed by atoms with E-state index in [0.717, 1.165) is 61.8 Å². The highest BCUT2D eigenvalue weighted by Crippen LogP contribution is 2.41. The number of halogens is 5. The number of rotatable bonds is 22. The summed E-state index contributed by atoms with van der Waals surface area (Å²) in [5, 5.41) is 17.5. The number of aromatic hydroxyl groups is 2. The van der Waals surface area contributed by atoms with E-state index < -0.39 is 55.8 Å². The number of alkyl halides is 5. The fourth-order valence-corrected chi connectivity index (χ4v) is 12.8. The van der Waals surface area contributed by atoms with E-state index in [0.29, 0.717) is 17.6 Å². The molecular weight excluding hydrogens is 1580 g/mol. The summed E-state index contributed by atoms with van der Waals surface area (Å²) in [7, 11) is -5.37. The third-order valence-electron chi connectivity index (χ3n) is 19.3. The maximum absolute atomic E-state index is 13.0. The van der Waals surface area contributed by atoms with Crippen molar-refractivity contribution in [3.8, 4) is 22.6 Å². The highest BCUT2D eigenvalue weighted by Gasteiger charge is 2.63. The number of ether oxygens (including phenoxy) is 4. The molecule has 0 aromatic heterocycles. The van der Waals surface area contributed by atoms with Crippen molar-refractivity contribution in [3.63, 3.8) is 0 Å². The summed E-state index contributed by atoms with van der Waals surface area (Å²) in [6.45, 7) is 27.7. The fraction of sp³-hybridized carbons (Fsp3) is 0.406. The lowest BCUT2D eigenvalue weighted by molar-refractivity contribution is -0.262. The van der Waals surface area contributed by atoms with E-state index >= 15 is 0 Å². The molecule has 0 aliphatic rings. The van der Waals surface area contributed by atoms with E-state index in [1.807, 2.05) is 110 Å². The number of hydrogen-bond donors (Lipinski definition) is 2. The Kier molecular flexibility index (Phi) is 56.3. The SMILES string of the molecule is C.C.C.C.C.C.C.C.C.C.CCC(C)(C)C(=O)OC(C(F)(F)F)C(F)(F)S(=O)(=O)[O-].CCC(C)(C)C(=O)OC(C)c1ccc(-c2ccccc2)cc1.CCC(C)(C)C(=O)OC(C)c1ccc2cc3ccccc3cc2c1.CCC(C)c1ccc(O)c(C(=O)OC)c1.CCC(C)c1ccc(O)cc1.c1ccc([S+](c2ccccc2)c2ccccc2)cc1. The molecule has 0 spiro atoms. The lowest BCUT2D eigenvalue weighted by Crippen LogP contribution is -2.53.